The second kappa shape index (κ2) is 5.16. The summed E-state index contributed by atoms with van der Waals surface area (Å²) in [6, 6.07) is -0.0741. The molecule has 1 unspecified atom stereocenters. The van der Waals surface area contributed by atoms with Crippen LogP contribution in [0.25, 0.3) is 0 Å². The highest BCUT2D eigenvalue weighted by atomic mass is 16.5. The minimum Gasteiger partial charge on any atom is -0.467 e. The number of hydrogen-bond donors (Lipinski definition) is 3. The van der Waals surface area contributed by atoms with Crippen molar-refractivity contribution in [2.24, 2.45) is 0 Å². The van der Waals surface area contributed by atoms with Crippen LogP contribution in [0, 0.1) is 0 Å². The lowest BCUT2D eigenvalue weighted by atomic mass is 10.0. The van der Waals surface area contributed by atoms with Crippen LogP contribution < -0.4 is 16.0 Å². The van der Waals surface area contributed by atoms with E-state index in [9.17, 15) is 4.79 Å². The van der Waals surface area contributed by atoms with Crippen molar-refractivity contribution in [3.05, 3.63) is 0 Å². The third-order valence-electron chi connectivity index (χ3n) is 2.38. The van der Waals surface area contributed by atoms with Crippen molar-refractivity contribution in [1.82, 2.24) is 16.0 Å². The number of ether oxygens (including phenoxy) is 1. The normalized spacial score (nSPS) is 13.9. The Morgan fingerprint density at radius 2 is 1.77 bits per heavy atom. The molecule has 0 fully saturated rings. The van der Waals surface area contributed by atoms with E-state index in [1.165, 1.54) is 7.11 Å². The maximum Gasteiger partial charge on any atom is 0.342 e. The lowest BCUT2D eigenvalue weighted by molar-refractivity contribution is -0.151. The highest BCUT2D eigenvalue weighted by molar-refractivity contribution is 5.81. The van der Waals surface area contributed by atoms with E-state index in [1.54, 1.807) is 21.1 Å². The highest BCUT2D eigenvalue weighted by Gasteiger charge is 2.41. The summed E-state index contributed by atoms with van der Waals surface area (Å²) in [4.78, 5) is 11.5. The van der Waals surface area contributed by atoms with Gasteiger partial charge in [-0.25, -0.2) is 4.79 Å². The van der Waals surface area contributed by atoms with Crippen LogP contribution >= 0.6 is 0 Å². The van der Waals surface area contributed by atoms with Gasteiger partial charge in [0.1, 0.15) is 0 Å². The summed E-state index contributed by atoms with van der Waals surface area (Å²) in [5, 5.41) is 8.83. The first-order valence-corrected chi connectivity index (χ1v) is 4.22. The molecule has 0 aliphatic heterocycles. The third kappa shape index (κ3) is 2.18. The molecule has 0 bridgehead atoms. The molecular formula is C8H19N3O2. The Balaban J connectivity index is 4.78. The van der Waals surface area contributed by atoms with Crippen LogP contribution in [0.15, 0.2) is 0 Å². The number of carbonyl (C=O) groups is 1. The molecule has 3 N–H and O–H groups in total. The van der Waals surface area contributed by atoms with E-state index in [4.69, 9.17) is 4.74 Å². The monoisotopic (exact) mass is 189 g/mol. The molecule has 0 spiro atoms. The second-order valence-electron chi connectivity index (χ2n) is 2.81. The Labute approximate surface area is 79.2 Å². The van der Waals surface area contributed by atoms with Gasteiger partial charge in [0.15, 0.2) is 5.66 Å². The highest BCUT2D eigenvalue weighted by Crippen LogP contribution is 2.07. The van der Waals surface area contributed by atoms with E-state index in [2.05, 4.69) is 16.0 Å². The molecule has 0 aromatic carbocycles. The molecule has 0 rings (SSSR count). The molecule has 0 saturated carbocycles. The topological polar surface area (TPSA) is 62.4 Å². The van der Waals surface area contributed by atoms with Crippen LogP contribution in [0.1, 0.15) is 6.92 Å². The van der Waals surface area contributed by atoms with Crippen LogP contribution in [0.5, 0.6) is 0 Å². The predicted molar refractivity (Wildman–Crippen MR) is 51.4 cm³/mol. The van der Waals surface area contributed by atoms with Gasteiger partial charge in [0.05, 0.1) is 7.11 Å². The predicted octanol–water partition coefficient (Wildman–Crippen LogP) is -1.10. The van der Waals surface area contributed by atoms with Gasteiger partial charge < -0.3 is 10.1 Å². The number of likely N-dealkylation sites (N-methyl/N-ethyl adjacent to an activating group) is 3. The van der Waals surface area contributed by atoms with Gasteiger partial charge in [0.2, 0.25) is 0 Å². The van der Waals surface area contributed by atoms with E-state index in [1.807, 2.05) is 6.92 Å². The van der Waals surface area contributed by atoms with Gasteiger partial charge in [-0.15, -0.1) is 0 Å². The molecule has 0 amide bonds. The van der Waals surface area contributed by atoms with Gasteiger partial charge in [-0.3, -0.25) is 10.6 Å². The molecule has 5 nitrogen and oxygen atoms in total. The molecule has 1 atom stereocenters. The smallest absolute Gasteiger partial charge is 0.342 e. The molecule has 0 aromatic rings. The molecule has 0 heterocycles. The zero-order valence-corrected chi connectivity index (χ0v) is 8.89. The summed E-state index contributed by atoms with van der Waals surface area (Å²) in [5.41, 5.74) is -0.872. The van der Waals surface area contributed by atoms with Crippen molar-refractivity contribution in [3.63, 3.8) is 0 Å². The first-order chi connectivity index (χ1) is 6.08. The summed E-state index contributed by atoms with van der Waals surface area (Å²) in [7, 11) is 6.58. The molecule has 0 radical (unpaired) electrons. The van der Waals surface area contributed by atoms with Gasteiger partial charge in [-0.2, -0.15) is 0 Å². The van der Waals surface area contributed by atoms with Gasteiger partial charge in [-0.1, -0.05) is 0 Å². The van der Waals surface area contributed by atoms with Gasteiger partial charge in [0, 0.05) is 6.04 Å². The summed E-state index contributed by atoms with van der Waals surface area (Å²) in [6.07, 6.45) is 0. The minimum absolute atomic E-state index is 0.0741. The Hall–Kier alpha value is -0.650. The molecule has 78 valence electrons. The number of methoxy groups -OCH3 is 1. The standard InChI is InChI=1S/C8H19N3O2/c1-6(9-2)8(10-3,11-4)7(12)13-5/h6,9-11H,1-5H3. The van der Waals surface area contributed by atoms with E-state index < -0.39 is 5.66 Å². The van der Waals surface area contributed by atoms with Gasteiger partial charge in [-0.05, 0) is 28.1 Å². The second-order valence-corrected chi connectivity index (χ2v) is 2.81. The Bertz CT molecular complexity index is 169. The largest absolute Gasteiger partial charge is 0.467 e. The molecule has 5 heteroatoms. The van der Waals surface area contributed by atoms with E-state index in [-0.39, 0.29) is 12.0 Å². The third-order valence-corrected chi connectivity index (χ3v) is 2.38. The fraction of sp³-hybridized carbons (Fsp3) is 0.875. The maximum atomic E-state index is 11.5. The van der Waals surface area contributed by atoms with Crippen molar-refractivity contribution in [1.29, 1.82) is 0 Å². The van der Waals surface area contributed by atoms with E-state index in [0.29, 0.717) is 0 Å². The Kier molecular flexibility index (Phi) is 4.90. The fourth-order valence-electron chi connectivity index (χ4n) is 1.32. The lowest BCUT2D eigenvalue weighted by Crippen LogP contribution is -2.69. The summed E-state index contributed by atoms with van der Waals surface area (Å²) < 4.78 is 4.72. The molecule has 13 heavy (non-hydrogen) atoms. The average molecular weight is 189 g/mol. The van der Waals surface area contributed by atoms with E-state index >= 15 is 0 Å². The van der Waals surface area contributed by atoms with Crippen molar-refractivity contribution in [2.75, 3.05) is 28.3 Å². The van der Waals surface area contributed by atoms with Crippen molar-refractivity contribution in [2.45, 2.75) is 18.6 Å². The molecule has 0 aromatic heterocycles. The summed E-state index contributed by atoms with van der Waals surface area (Å²) in [6.45, 7) is 1.89. The number of esters is 1. The fourth-order valence-corrected chi connectivity index (χ4v) is 1.32. The van der Waals surface area contributed by atoms with Crippen LogP contribution in [0.3, 0.4) is 0 Å². The van der Waals surface area contributed by atoms with Gasteiger partial charge >= 0.3 is 5.97 Å². The van der Waals surface area contributed by atoms with Crippen LogP contribution in [0.2, 0.25) is 0 Å². The number of carbonyl (C=O) groups excluding carboxylic acids is 1. The van der Waals surface area contributed by atoms with Crippen LogP contribution in [-0.2, 0) is 9.53 Å². The maximum absolute atomic E-state index is 11.5. The number of rotatable bonds is 5. The molecular weight excluding hydrogens is 170 g/mol. The van der Waals surface area contributed by atoms with Crippen LogP contribution in [0.4, 0.5) is 0 Å². The minimum atomic E-state index is -0.872. The SMILES string of the molecule is CNC(C)C(NC)(NC)C(=O)OC. The molecule has 0 aliphatic rings. The van der Waals surface area contributed by atoms with Crippen LogP contribution in [-0.4, -0.2) is 45.9 Å². The first-order valence-electron chi connectivity index (χ1n) is 4.22. The number of nitrogens with one attached hydrogen (secondary N) is 3. The zero-order valence-electron chi connectivity index (χ0n) is 8.89. The van der Waals surface area contributed by atoms with E-state index in [0.717, 1.165) is 0 Å². The Morgan fingerprint density at radius 1 is 1.31 bits per heavy atom. The molecule has 0 saturated heterocycles. The first kappa shape index (κ1) is 12.3. The summed E-state index contributed by atoms with van der Waals surface area (Å²) in [5.74, 6) is -0.334. The summed E-state index contributed by atoms with van der Waals surface area (Å²) >= 11 is 0. The molecule has 0 aliphatic carbocycles. The average Bonchev–Trinajstić information content (AvgIpc) is 2.19. The Morgan fingerprint density at radius 3 is 2.00 bits per heavy atom. The van der Waals surface area contributed by atoms with Crippen molar-refractivity contribution < 1.29 is 9.53 Å². The lowest BCUT2D eigenvalue weighted by Gasteiger charge is -2.35. The zero-order chi connectivity index (χ0) is 10.5. The number of hydrogen-bond acceptors (Lipinski definition) is 5. The van der Waals surface area contributed by atoms with Crippen molar-refractivity contribution in [3.8, 4) is 0 Å². The van der Waals surface area contributed by atoms with Crippen molar-refractivity contribution >= 4 is 5.97 Å². The quantitative estimate of drug-likeness (QED) is 0.378. The van der Waals surface area contributed by atoms with Gasteiger partial charge in [0.25, 0.3) is 0 Å².